The number of aliphatic hydroxyl groups is 1. The van der Waals surface area contributed by atoms with E-state index in [4.69, 9.17) is 21.6 Å². The summed E-state index contributed by atoms with van der Waals surface area (Å²) in [6.45, 7) is 4.20. The van der Waals surface area contributed by atoms with E-state index >= 15 is 0 Å². The maximum atomic E-state index is 13.7. The van der Waals surface area contributed by atoms with Crippen molar-refractivity contribution in [2.45, 2.75) is 89.9 Å². The van der Waals surface area contributed by atoms with Crippen LogP contribution in [0.15, 0.2) is 6.33 Å². The van der Waals surface area contributed by atoms with Crippen molar-refractivity contribution in [3.63, 3.8) is 0 Å². The van der Waals surface area contributed by atoms with Crippen LogP contribution in [0.3, 0.4) is 0 Å². The topological polar surface area (TPSA) is 125 Å². The van der Waals surface area contributed by atoms with Crippen LogP contribution in [0.5, 0.6) is 0 Å². The molecule has 2 aromatic rings. The second-order valence-corrected chi connectivity index (χ2v) is 11.5. The third-order valence-electron chi connectivity index (χ3n) is 8.85. The number of methoxy groups -OCH3 is 1. The minimum Gasteiger partial charge on any atom is -0.461 e. The summed E-state index contributed by atoms with van der Waals surface area (Å²) in [6.07, 6.45) is 14.5. The second-order valence-electron chi connectivity index (χ2n) is 11.5. The van der Waals surface area contributed by atoms with Crippen molar-refractivity contribution in [3.8, 4) is 12.3 Å². The van der Waals surface area contributed by atoms with Crippen molar-refractivity contribution in [1.82, 2.24) is 19.5 Å². The molecule has 4 atom stereocenters. The summed E-state index contributed by atoms with van der Waals surface area (Å²) < 4.78 is 26.1. The number of fused-ring (bicyclic) bond motifs is 3. The molecule has 3 N–H and O–H groups in total. The van der Waals surface area contributed by atoms with Gasteiger partial charge in [-0.3, -0.25) is 4.79 Å². The highest BCUT2D eigenvalue weighted by molar-refractivity contribution is 5.81. The van der Waals surface area contributed by atoms with Crippen LogP contribution in [0.25, 0.3) is 11.2 Å². The van der Waals surface area contributed by atoms with Gasteiger partial charge in [-0.25, -0.2) is 4.98 Å². The van der Waals surface area contributed by atoms with Crippen molar-refractivity contribution < 1.29 is 23.8 Å². The van der Waals surface area contributed by atoms with Gasteiger partial charge in [0.05, 0.1) is 12.9 Å². The van der Waals surface area contributed by atoms with E-state index in [1.165, 1.54) is 50.1 Å². The summed E-state index contributed by atoms with van der Waals surface area (Å²) in [7, 11) is 1.34. The van der Waals surface area contributed by atoms with Gasteiger partial charge in [-0.2, -0.15) is 14.4 Å². The molecule has 2 bridgehead atoms. The lowest BCUT2D eigenvalue weighted by atomic mass is 9.57. The summed E-state index contributed by atoms with van der Waals surface area (Å²) in [5.74, 6) is 4.41. The van der Waals surface area contributed by atoms with Gasteiger partial charge in [-0.05, 0) is 68.1 Å². The molecule has 2 aliphatic rings. The zero-order valence-electron chi connectivity index (χ0n) is 22.7. The number of terminal acetylenes is 1. The predicted molar refractivity (Wildman–Crippen MR) is 141 cm³/mol. The molecule has 10 heteroatoms. The number of rotatable bonds is 11. The monoisotopic (exact) mass is 529 g/mol. The lowest BCUT2D eigenvalue weighted by Gasteiger charge is -2.49. The second kappa shape index (κ2) is 11.5. The van der Waals surface area contributed by atoms with Gasteiger partial charge < -0.3 is 24.9 Å². The molecule has 4 rings (SSSR count). The van der Waals surface area contributed by atoms with Crippen LogP contribution in [0.1, 0.15) is 71.6 Å². The number of imidazole rings is 1. The molecular weight excluding hydrogens is 489 g/mol. The van der Waals surface area contributed by atoms with E-state index in [-0.39, 0.29) is 42.5 Å². The summed E-state index contributed by atoms with van der Waals surface area (Å²) in [5, 5.41) is 11.0. The molecule has 2 aromatic heterocycles. The number of carbonyl (C=O) groups is 1. The van der Waals surface area contributed by atoms with Crippen LogP contribution in [0, 0.1) is 41.6 Å². The molecule has 38 heavy (non-hydrogen) atoms. The number of carbonyl (C=O) groups excluding carboxylic acids is 1. The Bertz CT molecular complexity index is 1160. The molecule has 0 saturated heterocycles. The highest BCUT2D eigenvalue weighted by atomic mass is 19.1. The molecule has 2 aliphatic carbocycles. The Balaban J connectivity index is 1.32. The van der Waals surface area contributed by atoms with Crippen molar-refractivity contribution in [2.75, 3.05) is 19.5 Å². The third kappa shape index (κ3) is 5.94. The van der Waals surface area contributed by atoms with Gasteiger partial charge in [-0.15, -0.1) is 6.42 Å². The van der Waals surface area contributed by atoms with Gasteiger partial charge in [-0.1, -0.05) is 26.2 Å². The molecule has 9 nitrogen and oxygen atoms in total. The first-order valence-corrected chi connectivity index (χ1v) is 13.6. The van der Waals surface area contributed by atoms with Gasteiger partial charge >= 0.3 is 12.0 Å². The van der Waals surface area contributed by atoms with Crippen molar-refractivity contribution >= 4 is 23.0 Å². The smallest absolute Gasteiger partial charge is 0.312 e. The Morgan fingerprint density at radius 3 is 2.71 bits per heavy atom. The Morgan fingerprint density at radius 2 is 2.08 bits per heavy atom. The van der Waals surface area contributed by atoms with E-state index in [9.17, 15) is 14.3 Å². The average Bonchev–Trinajstić information content (AvgIpc) is 3.27. The van der Waals surface area contributed by atoms with Crippen LogP contribution in [0.2, 0.25) is 0 Å². The summed E-state index contributed by atoms with van der Waals surface area (Å²) in [4.78, 5) is 23.9. The molecule has 0 aromatic carbocycles. The number of hydrogen-bond acceptors (Lipinski definition) is 8. The molecule has 2 fully saturated rings. The van der Waals surface area contributed by atoms with E-state index in [1.807, 2.05) is 0 Å². The normalized spacial score (nSPS) is 27.4. The standard InChI is InChI=1S/C28H40FN5O4/c1-5-27(13-19-10-18(3)11-20(12-19)14-27)9-7-8-22(36)38-16-28(6-2,37-4)21(35)15-34-17-31-23-24(30)32-26(29)33-25(23)34/h2,17-21,35H,5,7-16H2,1,3-4H3,(H2,30,32,33)/t18?,19?,20?,21-,27?,28+/m0/s1. The number of nitrogens with zero attached hydrogens (tertiary/aromatic N) is 4. The number of ether oxygens (including phenoxy) is 2. The molecule has 2 saturated carbocycles. The number of anilines is 1. The molecule has 0 amide bonds. The maximum absolute atomic E-state index is 13.7. The van der Waals surface area contributed by atoms with Crippen molar-refractivity contribution in [2.24, 2.45) is 23.2 Å². The summed E-state index contributed by atoms with van der Waals surface area (Å²) >= 11 is 0. The van der Waals surface area contributed by atoms with Gasteiger partial charge in [0.2, 0.25) is 0 Å². The Labute approximate surface area is 223 Å². The lowest BCUT2D eigenvalue weighted by Crippen LogP contribution is -2.49. The Hall–Kier alpha value is -2.77. The Morgan fingerprint density at radius 1 is 1.37 bits per heavy atom. The van der Waals surface area contributed by atoms with E-state index in [0.29, 0.717) is 5.41 Å². The van der Waals surface area contributed by atoms with E-state index in [0.717, 1.165) is 37.0 Å². The molecule has 0 radical (unpaired) electrons. The third-order valence-corrected chi connectivity index (χ3v) is 8.85. The fraction of sp³-hybridized carbons (Fsp3) is 0.714. The van der Waals surface area contributed by atoms with E-state index in [2.05, 4.69) is 34.7 Å². The van der Waals surface area contributed by atoms with E-state index < -0.39 is 17.8 Å². The summed E-state index contributed by atoms with van der Waals surface area (Å²) in [5.41, 5.74) is 4.74. The number of esters is 1. The molecule has 0 aliphatic heterocycles. The fourth-order valence-corrected chi connectivity index (χ4v) is 6.97. The number of aromatic nitrogens is 4. The largest absolute Gasteiger partial charge is 0.461 e. The molecule has 0 spiro atoms. The molecule has 2 heterocycles. The van der Waals surface area contributed by atoms with Crippen LogP contribution >= 0.6 is 0 Å². The number of aliphatic hydroxyl groups excluding tert-OH is 1. The quantitative estimate of drug-likeness (QED) is 0.255. The van der Waals surface area contributed by atoms with Gasteiger partial charge in [0.1, 0.15) is 18.2 Å². The van der Waals surface area contributed by atoms with Crippen LogP contribution in [-0.2, 0) is 20.8 Å². The minimum atomic E-state index is -1.61. The lowest BCUT2D eigenvalue weighted by molar-refractivity contribution is -0.157. The first kappa shape index (κ1) is 28.2. The highest BCUT2D eigenvalue weighted by Crippen LogP contribution is 2.53. The zero-order chi connectivity index (χ0) is 27.5. The number of nitrogens with two attached hydrogens (primary N) is 1. The molecule has 2 unspecified atom stereocenters. The SMILES string of the molecule is C#C[C@](COC(=O)CCCC1(CC)CC2CC(C)CC(C2)C1)(OC)[C@@H](O)Cn1cnc2c(N)nc(F)nc21. The van der Waals surface area contributed by atoms with Crippen LogP contribution < -0.4 is 5.73 Å². The van der Waals surface area contributed by atoms with Gasteiger partial charge in [0.25, 0.3) is 0 Å². The number of halogens is 1. The van der Waals surface area contributed by atoms with Gasteiger partial charge in [0.15, 0.2) is 17.1 Å². The highest BCUT2D eigenvalue weighted by Gasteiger charge is 2.42. The average molecular weight is 530 g/mol. The number of nitrogen functional groups attached to an aromatic ring is 1. The molecular formula is C28H40FN5O4. The Kier molecular flexibility index (Phi) is 8.58. The first-order valence-electron chi connectivity index (χ1n) is 13.6. The van der Waals surface area contributed by atoms with Crippen LogP contribution in [0.4, 0.5) is 10.2 Å². The number of hydrogen-bond donors (Lipinski definition) is 2. The predicted octanol–water partition coefficient (Wildman–Crippen LogP) is 3.88. The first-order chi connectivity index (χ1) is 18.1. The minimum absolute atomic E-state index is 0.110. The van der Waals surface area contributed by atoms with Gasteiger partial charge in [0, 0.05) is 13.5 Å². The van der Waals surface area contributed by atoms with E-state index in [1.54, 1.807) is 0 Å². The van der Waals surface area contributed by atoms with Crippen molar-refractivity contribution in [3.05, 3.63) is 12.4 Å². The summed E-state index contributed by atoms with van der Waals surface area (Å²) in [6, 6.07) is 0. The maximum Gasteiger partial charge on any atom is 0.312 e. The zero-order valence-corrected chi connectivity index (χ0v) is 22.7. The molecule has 208 valence electrons. The van der Waals surface area contributed by atoms with Crippen LogP contribution in [-0.4, -0.2) is 56.0 Å². The fourth-order valence-electron chi connectivity index (χ4n) is 6.97. The van der Waals surface area contributed by atoms with Crippen molar-refractivity contribution in [1.29, 1.82) is 0 Å².